The molecule has 2 atom stereocenters. The van der Waals surface area contributed by atoms with Crippen LogP contribution in [0.25, 0.3) is 0 Å². The molecule has 0 radical (unpaired) electrons. The number of nitrogens with one attached hydrogen (secondary N) is 1. The fraction of sp³-hybridized carbons (Fsp3) is 0.462. The zero-order valence-electron chi connectivity index (χ0n) is 10.1. The number of phenolic OH excluding ortho intramolecular Hbond substituents is 1. The summed E-state index contributed by atoms with van der Waals surface area (Å²) in [6, 6.07) is 4.56. The second-order valence-electron chi connectivity index (χ2n) is 4.58. The largest absolute Gasteiger partial charge is 0.507 e. The van der Waals surface area contributed by atoms with Crippen molar-refractivity contribution >= 4 is 17.5 Å². The number of hydrogen-bond acceptors (Lipinski definition) is 3. The molecule has 0 aliphatic carbocycles. The average molecular weight is 270 g/mol. The van der Waals surface area contributed by atoms with Gasteiger partial charge < -0.3 is 15.2 Å². The van der Waals surface area contributed by atoms with E-state index >= 15 is 0 Å². The average Bonchev–Trinajstić information content (AvgIpc) is 2.32. The lowest BCUT2D eigenvalue weighted by atomic mass is 9.97. The van der Waals surface area contributed by atoms with Crippen LogP contribution in [0, 0.1) is 5.92 Å². The van der Waals surface area contributed by atoms with Crippen molar-refractivity contribution in [1.82, 2.24) is 5.32 Å². The summed E-state index contributed by atoms with van der Waals surface area (Å²) in [6.45, 7) is 3.34. The number of aromatic hydroxyl groups is 1. The Hall–Kier alpha value is -1.26. The molecule has 0 saturated carbocycles. The first-order valence-electron chi connectivity index (χ1n) is 5.95. The summed E-state index contributed by atoms with van der Waals surface area (Å²) in [5.74, 6) is -0.0974. The van der Waals surface area contributed by atoms with Crippen molar-refractivity contribution < 1.29 is 14.6 Å². The zero-order chi connectivity index (χ0) is 13.1. The van der Waals surface area contributed by atoms with E-state index in [0.717, 1.165) is 6.42 Å². The van der Waals surface area contributed by atoms with Crippen LogP contribution in [0.2, 0.25) is 5.02 Å². The Morgan fingerprint density at radius 1 is 1.56 bits per heavy atom. The highest BCUT2D eigenvalue weighted by molar-refractivity contribution is 6.30. The molecular formula is C13H16ClNO3. The lowest BCUT2D eigenvalue weighted by Gasteiger charge is -2.29. The summed E-state index contributed by atoms with van der Waals surface area (Å²) in [4.78, 5) is 12.0. The Kier molecular flexibility index (Phi) is 4.09. The highest BCUT2D eigenvalue weighted by Gasteiger charge is 2.24. The first-order valence-corrected chi connectivity index (χ1v) is 6.33. The summed E-state index contributed by atoms with van der Waals surface area (Å²) in [7, 11) is 0. The number of halogens is 1. The minimum atomic E-state index is -0.275. The number of hydrogen-bond donors (Lipinski definition) is 2. The highest BCUT2D eigenvalue weighted by atomic mass is 35.5. The minimum absolute atomic E-state index is 0.0846. The second-order valence-corrected chi connectivity index (χ2v) is 5.02. The van der Waals surface area contributed by atoms with Crippen LogP contribution in [0.1, 0.15) is 23.7 Å². The number of ether oxygens (including phenoxy) is 1. The maximum absolute atomic E-state index is 12.0. The smallest absolute Gasteiger partial charge is 0.255 e. The van der Waals surface area contributed by atoms with Crippen molar-refractivity contribution in [2.24, 2.45) is 5.92 Å². The lowest BCUT2D eigenvalue weighted by Crippen LogP contribution is -2.44. The molecule has 1 aromatic rings. The van der Waals surface area contributed by atoms with Crippen molar-refractivity contribution in [3.8, 4) is 5.75 Å². The zero-order valence-corrected chi connectivity index (χ0v) is 10.9. The van der Waals surface area contributed by atoms with Crippen molar-refractivity contribution in [2.75, 3.05) is 13.2 Å². The number of amides is 1. The molecule has 0 spiro atoms. The van der Waals surface area contributed by atoms with E-state index in [1.54, 1.807) is 6.07 Å². The number of rotatable bonds is 2. The van der Waals surface area contributed by atoms with Gasteiger partial charge >= 0.3 is 0 Å². The van der Waals surface area contributed by atoms with Crippen LogP contribution in [-0.2, 0) is 4.74 Å². The Morgan fingerprint density at radius 2 is 2.33 bits per heavy atom. The normalized spacial score (nSPS) is 23.7. The van der Waals surface area contributed by atoms with Crippen LogP contribution in [0.5, 0.6) is 5.75 Å². The van der Waals surface area contributed by atoms with E-state index in [1.807, 2.05) is 6.92 Å². The molecule has 18 heavy (non-hydrogen) atoms. The Labute approximate surface area is 111 Å². The molecule has 1 aliphatic rings. The van der Waals surface area contributed by atoms with Gasteiger partial charge in [0, 0.05) is 17.7 Å². The van der Waals surface area contributed by atoms with Crippen molar-refractivity contribution in [3.05, 3.63) is 28.8 Å². The Bertz CT molecular complexity index is 450. The van der Waals surface area contributed by atoms with E-state index in [2.05, 4.69) is 5.32 Å². The first kappa shape index (κ1) is 13.2. The molecule has 0 bridgehead atoms. The van der Waals surface area contributed by atoms with Gasteiger partial charge in [0.15, 0.2) is 0 Å². The van der Waals surface area contributed by atoms with Gasteiger partial charge in [-0.3, -0.25) is 4.79 Å². The number of benzene rings is 1. The minimum Gasteiger partial charge on any atom is -0.507 e. The highest BCUT2D eigenvalue weighted by Crippen LogP contribution is 2.22. The molecule has 1 aliphatic heterocycles. The predicted octanol–water partition coefficient (Wildman–Crippen LogP) is 2.20. The molecule has 2 unspecified atom stereocenters. The Balaban J connectivity index is 2.07. The third kappa shape index (κ3) is 2.94. The van der Waals surface area contributed by atoms with E-state index < -0.39 is 0 Å². The third-order valence-electron chi connectivity index (χ3n) is 3.16. The number of carbonyl (C=O) groups excluding carboxylic acids is 1. The molecule has 5 heteroatoms. The number of phenols is 1. The van der Waals surface area contributed by atoms with E-state index in [4.69, 9.17) is 16.3 Å². The number of carbonyl (C=O) groups is 1. The molecular weight excluding hydrogens is 254 g/mol. The fourth-order valence-electron chi connectivity index (χ4n) is 2.04. The van der Waals surface area contributed by atoms with Crippen molar-refractivity contribution in [2.45, 2.75) is 19.4 Å². The standard InChI is InChI=1S/C13H16ClNO3/c1-8-7-18-5-4-11(8)15-13(17)10-3-2-9(14)6-12(10)16/h2-3,6,8,11,16H,4-5,7H2,1H3,(H,15,17). The van der Waals surface area contributed by atoms with Gasteiger partial charge in [0.1, 0.15) is 5.75 Å². The Morgan fingerprint density at radius 3 is 3.00 bits per heavy atom. The summed E-state index contributed by atoms with van der Waals surface area (Å²) >= 11 is 5.73. The van der Waals surface area contributed by atoms with Crippen LogP contribution in [-0.4, -0.2) is 30.3 Å². The van der Waals surface area contributed by atoms with E-state index in [1.165, 1.54) is 12.1 Å². The fourth-order valence-corrected chi connectivity index (χ4v) is 2.20. The predicted molar refractivity (Wildman–Crippen MR) is 69.0 cm³/mol. The van der Waals surface area contributed by atoms with Crippen molar-refractivity contribution in [1.29, 1.82) is 0 Å². The van der Waals surface area contributed by atoms with Crippen molar-refractivity contribution in [3.63, 3.8) is 0 Å². The topological polar surface area (TPSA) is 58.6 Å². The molecule has 2 rings (SSSR count). The van der Waals surface area contributed by atoms with Gasteiger partial charge in [0.25, 0.3) is 5.91 Å². The first-order chi connectivity index (χ1) is 8.58. The summed E-state index contributed by atoms with van der Waals surface area (Å²) in [6.07, 6.45) is 0.793. The molecule has 98 valence electrons. The molecule has 2 N–H and O–H groups in total. The molecule has 1 saturated heterocycles. The molecule has 1 amide bonds. The molecule has 1 fully saturated rings. The van der Waals surface area contributed by atoms with Gasteiger partial charge in [0.05, 0.1) is 12.2 Å². The maximum atomic E-state index is 12.0. The van der Waals surface area contributed by atoms with Crippen LogP contribution in [0.4, 0.5) is 0 Å². The van der Waals surface area contributed by atoms with Crippen LogP contribution >= 0.6 is 11.6 Å². The lowest BCUT2D eigenvalue weighted by molar-refractivity contribution is 0.0374. The van der Waals surface area contributed by atoms with Gasteiger partial charge in [-0.25, -0.2) is 0 Å². The third-order valence-corrected chi connectivity index (χ3v) is 3.40. The molecule has 4 nitrogen and oxygen atoms in total. The van der Waals surface area contributed by atoms with Gasteiger partial charge in [-0.1, -0.05) is 18.5 Å². The summed E-state index contributed by atoms with van der Waals surface area (Å²) in [5.41, 5.74) is 0.248. The SMILES string of the molecule is CC1COCCC1NC(=O)c1ccc(Cl)cc1O. The van der Waals surface area contributed by atoms with Crippen LogP contribution in [0.3, 0.4) is 0 Å². The van der Waals surface area contributed by atoms with Gasteiger partial charge in [-0.15, -0.1) is 0 Å². The van der Waals surface area contributed by atoms with Crippen LogP contribution < -0.4 is 5.32 Å². The van der Waals surface area contributed by atoms with Gasteiger partial charge in [0.2, 0.25) is 0 Å². The second kappa shape index (κ2) is 5.59. The van der Waals surface area contributed by atoms with E-state index in [9.17, 15) is 9.90 Å². The molecule has 0 aromatic heterocycles. The van der Waals surface area contributed by atoms with Gasteiger partial charge in [-0.05, 0) is 30.5 Å². The summed E-state index contributed by atoms with van der Waals surface area (Å²) < 4.78 is 5.32. The van der Waals surface area contributed by atoms with Gasteiger partial charge in [-0.2, -0.15) is 0 Å². The van der Waals surface area contributed by atoms with E-state index in [0.29, 0.717) is 18.2 Å². The molecule has 1 heterocycles. The van der Waals surface area contributed by atoms with Crippen LogP contribution in [0.15, 0.2) is 18.2 Å². The molecule has 1 aromatic carbocycles. The summed E-state index contributed by atoms with van der Waals surface area (Å²) in [5, 5.41) is 13.0. The quantitative estimate of drug-likeness (QED) is 0.865. The van der Waals surface area contributed by atoms with E-state index in [-0.39, 0.29) is 29.2 Å². The monoisotopic (exact) mass is 269 g/mol. The maximum Gasteiger partial charge on any atom is 0.255 e.